The third-order valence-electron chi connectivity index (χ3n) is 1.17. The number of esters is 2. The molecule has 0 aliphatic carbocycles. The van der Waals surface area contributed by atoms with Crippen LogP contribution in [0.3, 0.4) is 0 Å². The van der Waals surface area contributed by atoms with Crippen LogP contribution in [0.25, 0.3) is 0 Å². The molecule has 0 unspecified atom stereocenters. The van der Waals surface area contributed by atoms with Gasteiger partial charge in [-0.2, -0.15) is 0 Å². The van der Waals surface area contributed by atoms with Crippen molar-refractivity contribution in [2.24, 2.45) is 0 Å². The second-order valence-electron chi connectivity index (χ2n) is 1.75. The summed E-state index contributed by atoms with van der Waals surface area (Å²) in [5.41, 5.74) is 0.0648. The van der Waals surface area contributed by atoms with Crippen molar-refractivity contribution in [2.45, 2.75) is 0 Å². The van der Waals surface area contributed by atoms with Crippen molar-refractivity contribution in [3.05, 3.63) is 17.5 Å². The summed E-state index contributed by atoms with van der Waals surface area (Å²) in [7, 11) is 0. The van der Waals surface area contributed by atoms with E-state index in [0.29, 0.717) is 0 Å². The van der Waals surface area contributed by atoms with Gasteiger partial charge in [0.15, 0.2) is 0 Å². The van der Waals surface area contributed by atoms with Crippen LogP contribution in [0.15, 0.2) is 10.8 Å². The lowest BCUT2D eigenvalue weighted by Gasteiger charge is -1.82. The van der Waals surface area contributed by atoms with Crippen LogP contribution in [-0.2, 0) is 4.74 Å². The quantitative estimate of drug-likeness (QED) is 0.373. The van der Waals surface area contributed by atoms with Gasteiger partial charge in [0.1, 0.15) is 11.8 Å². The third kappa shape index (κ3) is 0.439. The molecule has 1 aromatic rings. The summed E-state index contributed by atoms with van der Waals surface area (Å²) in [5, 5.41) is 3.26. The first-order chi connectivity index (χ1) is 4.79. The zero-order valence-electron chi connectivity index (χ0n) is 4.66. The molecule has 10 heavy (non-hydrogen) atoms. The van der Waals surface area contributed by atoms with Crippen LogP contribution in [0.2, 0.25) is 0 Å². The molecule has 50 valence electrons. The van der Waals surface area contributed by atoms with Gasteiger partial charge < -0.3 is 9.26 Å². The Balaban J connectivity index is 2.69. The van der Waals surface area contributed by atoms with Crippen molar-refractivity contribution >= 4 is 11.9 Å². The van der Waals surface area contributed by atoms with Gasteiger partial charge in [-0.25, -0.2) is 9.59 Å². The van der Waals surface area contributed by atoms with Gasteiger partial charge in [-0.05, 0) is 0 Å². The Labute approximate surface area is 54.6 Å². The number of hydrogen-bond acceptors (Lipinski definition) is 5. The molecule has 5 heteroatoms. The van der Waals surface area contributed by atoms with Gasteiger partial charge in [0, 0.05) is 0 Å². The molecule has 0 saturated carbocycles. The van der Waals surface area contributed by atoms with Crippen molar-refractivity contribution in [3.8, 4) is 0 Å². The van der Waals surface area contributed by atoms with Crippen LogP contribution >= 0.6 is 0 Å². The van der Waals surface area contributed by atoms with Crippen LogP contribution in [-0.4, -0.2) is 17.1 Å². The first-order valence-corrected chi connectivity index (χ1v) is 2.50. The fraction of sp³-hybridized carbons (Fsp3) is 0. The molecule has 0 radical (unpaired) electrons. The van der Waals surface area contributed by atoms with E-state index < -0.39 is 11.9 Å². The van der Waals surface area contributed by atoms with Gasteiger partial charge in [0.25, 0.3) is 0 Å². The maximum Gasteiger partial charge on any atom is 0.369 e. The van der Waals surface area contributed by atoms with Gasteiger partial charge in [0.2, 0.25) is 5.69 Å². The molecule has 5 nitrogen and oxygen atoms in total. The van der Waals surface area contributed by atoms with Crippen molar-refractivity contribution < 1.29 is 18.8 Å². The highest BCUT2D eigenvalue weighted by atomic mass is 16.6. The monoisotopic (exact) mass is 139 g/mol. The van der Waals surface area contributed by atoms with Crippen molar-refractivity contribution in [1.82, 2.24) is 5.16 Å². The second-order valence-corrected chi connectivity index (χ2v) is 1.75. The molecule has 0 aromatic carbocycles. The van der Waals surface area contributed by atoms with E-state index in [1.54, 1.807) is 0 Å². The minimum Gasteiger partial charge on any atom is -0.384 e. The summed E-state index contributed by atoms with van der Waals surface area (Å²) in [6.45, 7) is 0. The number of fused-ring (bicyclic) bond motifs is 1. The number of ether oxygens (including phenoxy) is 1. The number of carbonyl (C=O) groups is 2. The Morgan fingerprint density at radius 3 is 2.80 bits per heavy atom. The average molecular weight is 139 g/mol. The smallest absolute Gasteiger partial charge is 0.369 e. The third-order valence-corrected chi connectivity index (χ3v) is 1.17. The van der Waals surface area contributed by atoms with E-state index in [4.69, 9.17) is 0 Å². The summed E-state index contributed by atoms with van der Waals surface area (Å²) in [6.07, 6.45) is 1.09. The zero-order chi connectivity index (χ0) is 7.14. The van der Waals surface area contributed by atoms with Crippen molar-refractivity contribution in [2.75, 3.05) is 0 Å². The van der Waals surface area contributed by atoms with Gasteiger partial charge in [-0.1, -0.05) is 5.16 Å². The van der Waals surface area contributed by atoms with Gasteiger partial charge in [0.05, 0.1) is 0 Å². The van der Waals surface area contributed by atoms with Crippen LogP contribution in [0.5, 0.6) is 0 Å². The molecular formula is C5HNO4. The average Bonchev–Trinajstić information content (AvgIpc) is 2.39. The Kier molecular flexibility index (Phi) is 0.743. The minimum atomic E-state index is -0.742. The SMILES string of the molecule is O=C1OC(=O)c2nocc21. The standard InChI is InChI=1S/C5HNO4/c7-4-2-1-9-6-3(2)5(8)10-4/h1H. The van der Waals surface area contributed by atoms with E-state index in [1.165, 1.54) is 0 Å². The van der Waals surface area contributed by atoms with E-state index in [-0.39, 0.29) is 11.3 Å². The molecule has 1 aromatic heterocycles. The number of aromatic nitrogens is 1. The second kappa shape index (κ2) is 1.44. The highest BCUT2D eigenvalue weighted by Gasteiger charge is 2.33. The number of nitrogens with zero attached hydrogens (tertiary/aromatic N) is 1. The topological polar surface area (TPSA) is 69.4 Å². The zero-order valence-corrected chi connectivity index (χ0v) is 4.66. The molecule has 0 fully saturated rings. The molecular weight excluding hydrogens is 138 g/mol. The van der Waals surface area contributed by atoms with E-state index in [9.17, 15) is 9.59 Å². The lowest BCUT2D eigenvalue weighted by atomic mass is 10.3. The summed E-state index contributed by atoms with van der Waals surface area (Å²) in [5.74, 6) is -1.44. The molecule has 0 saturated heterocycles. The Morgan fingerprint density at radius 2 is 2.10 bits per heavy atom. The summed E-state index contributed by atoms with van der Waals surface area (Å²) in [4.78, 5) is 21.2. The first kappa shape index (κ1) is 5.16. The van der Waals surface area contributed by atoms with E-state index in [2.05, 4.69) is 14.4 Å². The van der Waals surface area contributed by atoms with Gasteiger partial charge in [-0.15, -0.1) is 0 Å². The summed E-state index contributed by atoms with van der Waals surface area (Å²) < 4.78 is 8.53. The fourth-order valence-electron chi connectivity index (χ4n) is 0.716. The van der Waals surface area contributed by atoms with Crippen LogP contribution in [0.1, 0.15) is 20.8 Å². The first-order valence-electron chi connectivity index (χ1n) is 2.50. The van der Waals surface area contributed by atoms with E-state index in [1.807, 2.05) is 0 Å². The Hall–Kier alpha value is -1.65. The van der Waals surface area contributed by atoms with Crippen LogP contribution in [0, 0.1) is 0 Å². The molecule has 0 spiro atoms. The molecule has 0 bridgehead atoms. The van der Waals surface area contributed by atoms with E-state index in [0.717, 1.165) is 6.26 Å². The fourth-order valence-corrected chi connectivity index (χ4v) is 0.716. The van der Waals surface area contributed by atoms with Crippen molar-refractivity contribution in [1.29, 1.82) is 0 Å². The highest BCUT2D eigenvalue weighted by molar-refractivity contribution is 6.13. The lowest BCUT2D eigenvalue weighted by molar-refractivity contribution is 0.0434. The molecule has 1 aliphatic rings. The van der Waals surface area contributed by atoms with Gasteiger partial charge in [-0.3, -0.25) is 0 Å². The van der Waals surface area contributed by atoms with Crippen molar-refractivity contribution in [3.63, 3.8) is 0 Å². The normalized spacial score (nSPS) is 15.2. The number of hydrogen-bond donors (Lipinski definition) is 0. The minimum absolute atomic E-state index is 0.0370. The largest absolute Gasteiger partial charge is 0.384 e. The van der Waals surface area contributed by atoms with E-state index >= 15 is 0 Å². The maximum atomic E-state index is 10.6. The maximum absolute atomic E-state index is 10.6. The van der Waals surface area contributed by atoms with Crippen LogP contribution in [0.4, 0.5) is 0 Å². The molecule has 0 N–H and O–H groups in total. The summed E-state index contributed by atoms with van der Waals surface area (Å²) in [6, 6.07) is 0. The lowest BCUT2D eigenvalue weighted by Crippen LogP contribution is -1.98. The highest BCUT2D eigenvalue weighted by Crippen LogP contribution is 2.16. The molecule has 2 heterocycles. The predicted molar refractivity (Wildman–Crippen MR) is 26.2 cm³/mol. The number of carbonyl (C=O) groups excluding carboxylic acids is 2. The number of cyclic esters (lactones) is 2. The Bertz CT molecular complexity index is 285. The molecule has 0 amide bonds. The molecule has 2 rings (SSSR count). The Morgan fingerprint density at radius 1 is 1.30 bits per heavy atom. The van der Waals surface area contributed by atoms with Gasteiger partial charge >= 0.3 is 11.9 Å². The van der Waals surface area contributed by atoms with Crippen LogP contribution < -0.4 is 0 Å². The summed E-state index contributed by atoms with van der Waals surface area (Å²) >= 11 is 0. The number of rotatable bonds is 0. The molecule has 0 atom stereocenters. The predicted octanol–water partition coefficient (Wildman–Crippen LogP) is -0.0148. The molecule has 1 aliphatic heterocycles.